The Kier molecular flexibility index (Phi) is 2.95. The van der Waals surface area contributed by atoms with Crippen molar-refractivity contribution in [3.8, 4) is 0 Å². The van der Waals surface area contributed by atoms with Crippen LogP contribution in [0.3, 0.4) is 0 Å². The Hall–Kier alpha value is -0.120. The zero-order chi connectivity index (χ0) is 10.1. The van der Waals surface area contributed by atoms with Gasteiger partial charge in [0.05, 0.1) is 12.2 Å². The molecule has 0 bridgehead atoms. The first-order valence-corrected chi connectivity index (χ1v) is 6.41. The van der Waals surface area contributed by atoms with E-state index in [2.05, 4.69) is 5.32 Å². The second-order valence-corrected chi connectivity index (χ2v) is 5.17. The highest BCUT2D eigenvalue weighted by atomic mass is 16.6. The molecule has 3 heteroatoms. The van der Waals surface area contributed by atoms with Crippen molar-refractivity contribution < 1.29 is 9.47 Å². The van der Waals surface area contributed by atoms with Gasteiger partial charge in [0, 0.05) is 19.7 Å². The fraction of sp³-hybridized carbons (Fsp3) is 1.00. The molecule has 2 heterocycles. The van der Waals surface area contributed by atoms with Gasteiger partial charge in [-0.15, -0.1) is 0 Å². The predicted octanol–water partition coefficient (Wildman–Crippen LogP) is 1.32. The van der Waals surface area contributed by atoms with Gasteiger partial charge in [-0.3, -0.25) is 0 Å². The summed E-state index contributed by atoms with van der Waals surface area (Å²) in [6.45, 7) is 2.96. The molecule has 2 aliphatic heterocycles. The van der Waals surface area contributed by atoms with E-state index in [4.69, 9.17) is 9.47 Å². The molecule has 1 saturated carbocycles. The highest BCUT2D eigenvalue weighted by Crippen LogP contribution is 2.31. The van der Waals surface area contributed by atoms with Gasteiger partial charge in [0.2, 0.25) is 0 Å². The van der Waals surface area contributed by atoms with Gasteiger partial charge in [0.25, 0.3) is 0 Å². The van der Waals surface area contributed by atoms with Crippen LogP contribution in [0.15, 0.2) is 0 Å². The number of hydrogen-bond acceptors (Lipinski definition) is 3. The van der Waals surface area contributed by atoms with Crippen LogP contribution in [0.5, 0.6) is 0 Å². The standard InChI is InChI=1S/C12H21NO2/c1-2-4-9(5-3-1)8-14-10-6-13-7-11-12(10)15-11/h9-13H,1-8H2/t10-,11-,12-/m1/s1. The molecule has 0 aromatic heterocycles. The fourth-order valence-corrected chi connectivity index (χ4v) is 2.90. The van der Waals surface area contributed by atoms with Crippen LogP contribution in [0.4, 0.5) is 0 Å². The van der Waals surface area contributed by atoms with E-state index in [1.165, 1.54) is 32.1 Å². The maximum absolute atomic E-state index is 5.99. The van der Waals surface area contributed by atoms with Crippen molar-refractivity contribution >= 4 is 0 Å². The summed E-state index contributed by atoms with van der Waals surface area (Å²) in [6.07, 6.45) is 8.16. The Bertz CT molecular complexity index is 216. The van der Waals surface area contributed by atoms with Crippen molar-refractivity contribution in [2.45, 2.75) is 50.4 Å². The Morgan fingerprint density at radius 1 is 1.13 bits per heavy atom. The van der Waals surface area contributed by atoms with Crippen LogP contribution in [-0.2, 0) is 9.47 Å². The molecule has 1 N–H and O–H groups in total. The van der Waals surface area contributed by atoms with Crippen molar-refractivity contribution in [2.75, 3.05) is 19.7 Å². The van der Waals surface area contributed by atoms with E-state index in [-0.39, 0.29) is 0 Å². The third kappa shape index (κ3) is 2.35. The number of hydrogen-bond donors (Lipinski definition) is 1. The minimum Gasteiger partial charge on any atom is -0.374 e. The average Bonchev–Trinajstić information content (AvgIpc) is 3.07. The minimum absolute atomic E-state index is 0.325. The van der Waals surface area contributed by atoms with Gasteiger partial charge in [-0.1, -0.05) is 19.3 Å². The summed E-state index contributed by atoms with van der Waals surface area (Å²) in [5, 5.41) is 3.36. The third-order valence-corrected chi connectivity index (χ3v) is 3.95. The molecule has 3 nitrogen and oxygen atoms in total. The van der Waals surface area contributed by atoms with E-state index in [1.807, 2.05) is 0 Å². The van der Waals surface area contributed by atoms with Gasteiger partial charge in [0.1, 0.15) is 6.10 Å². The van der Waals surface area contributed by atoms with Crippen molar-refractivity contribution in [1.29, 1.82) is 0 Å². The van der Waals surface area contributed by atoms with Gasteiger partial charge >= 0.3 is 0 Å². The summed E-state index contributed by atoms with van der Waals surface area (Å²) < 4.78 is 11.5. The smallest absolute Gasteiger partial charge is 0.113 e. The molecule has 15 heavy (non-hydrogen) atoms. The first kappa shape index (κ1) is 10.1. The molecule has 3 aliphatic rings. The van der Waals surface area contributed by atoms with Crippen LogP contribution in [0.2, 0.25) is 0 Å². The van der Waals surface area contributed by atoms with Gasteiger partial charge in [-0.05, 0) is 18.8 Å². The zero-order valence-corrected chi connectivity index (χ0v) is 9.28. The summed E-state index contributed by atoms with van der Waals surface area (Å²) in [5.41, 5.74) is 0. The lowest BCUT2D eigenvalue weighted by Gasteiger charge is -2.25. The second kappa shape index (κ2) is 4.40. The van der Waals surface area contributed by atoms with Crippen molar-refractivity contribution in [1.82, 2.24) is 5.32 Å². The molecule has 1 aliphatic carbocycles. The Morgan fingerprint density at radius 3 is 2.87 bits per heavy atom. The summed E-state index contributed by atoms with van der Waals surface area (Å²) in [5.74, 6) is 0.817. The maximum atomic E-state index is 5.99. The number of ether oxygens (including phenoxy) is 2. The molecular weight excluding hydrogens is 190 g/mol. The highest BCUT2D eigenvalue weighted by Gasteiger charge is 2.48. The molecule has 0 aromatic carbocycles. The monoisotopic (exact) mass is 211 g/mol. The van der Waals surface area contributed by atoms with Crippen LogP contribution in [0, 0.1) is 5.92 Å². The van der Waals surface area contributed by atoms with Crippen LogP contribution >= 0.6 is 0 Å². The van der Waals surface area contributed by atoms with E-state index in [0.717, 1.165) is 25.6 Å². The number of nitrogens with one attached hydrogen (secondary N) is 1. The highest BCUT2D eigenvalue weighted by molar-refractivity contribution is 4.98. The molecule has 3 fully saturated rings. The summed E-state index contributed by atoms with van der Waals surface area (Å²) in [4.78, 5) is 0. The Morgan fingerprint density at radius 2 is 2.00 bits per heavy atom. The molecular formula is C12H21NO2. The lowest BCUT2D eigenvalue weighted by atomic mass is 9.90. The first-order chi connectivity index (χ1) is 7.43. The minimum atomic E-state index is 0.325. The summed E-state index contributed by atoms with van der Waals surface area (Å²) in [6, 6.07) is 0. The lowest BCUT2D eigenvalue weighted by molar-refractivity contribution is 0.00496. The molecule has 0 radical (unpaired) electrons. The predicted molar refractivity (Wildman–Crippen MR) is 57.8 cm³/mol. The summed E-state index contributed by atoms with van der Waals surface area (Å²) in [7, 11) is 0. The van der Waals surface area contributed by atoms with E-state index < -0.39 is 0 Å². The normalized spacial score (nSPS) is 41.2. The molecule has 0 amide bonds. The SMILES string of the molecule is C1CCC(CO[C@@H]2CNC[C@H]3O[C@H]23)CC1. The molecule has 0 unspecified atom stereocenters. The fourth-order valence-electron chi connectivity index (χ4n) is 2.90. The number of fused-ring (bicyclic) bond motifs is 1. The number of rotatable bonds is 3. The topological polar surface area (TPSA) is 33.8 Å². The largest absolute Gasteiger partial charge is 0.374 e. The molecule has 2 saturated heterocycles. The van der Waals surface area contributed by atoms with Crippen LogP contribution in [0.25, 0.3) is 0 Å². The van der Waals surface area contributed by atoms with Crippen LogP contribution in [0.1, 0.15) is 32.1 Å². The van der Waals surface area contributed by atoms with E-state index in [9.17, 15) is 0 Å². The molecule has 0 aromatic rings. The molecule has 0 spiro atoms. The van der Waals surface area contributed by atoms with Gasteiger partial charge in [0.15, 0.2) is 0 Å². The third-order valence-electron chi connectivity index (χ3n) is 3.95. The van der Waals surface area contributed by atoms with E-state index in [1.54, 1.807) is 0 Å². The molecule has 86 valence electrons. The lowest BCUT2D eigenvalue weighted by Crippen LogP contribution is -2.42. The maximum Gasteiger partial charge on any atom is 0.113 e. The van der Waals surface area contributed by atoms with Gasteiger partial charge in [-0.2, -0.15) is 0 Å². The van der Waals surface area contributed by atoms with E-state index >= 15 is 0 Å². The van der Waals surface area contributed by atoms with Crippen LogP contribution < -0.4 is 5.32 Å². The quantitative estimate of drug-likeness (QED) is 0.715. The first-order valence-electron chi connectivity index (χ1n) is 6.41. The molecule has 3 atom stereocenters. The van der Waals surface area contributed by atoms with Crippen molar-refractivity contribution in [3.05, 3.63) is 0 Å². The van der Waals surface area contributed by atoms with Gasteiger partial charge < -0.3 is 14.8 Å². The second-order valence-electron chi connectivity index (χ2n) is 5.17. The average molecular weight is 211 g/mol. The van der Waals surface area contributed by atoms with Gasteiger partial charge in [-0.25, -0.2) is 0 Å². The van der Waals surface area contributed by atoms with Crippen LogP contribution in [-0.4, -0.2) is 38.0 Å². The van der Waals surface area contributed by atoms with Crippen molar-refractivity contribution in [2.24, 2.45) is 5.92 Å². The summed E-state index contributed by atoms with van der Waals surface area (Å²) >= 11 is 0. The molecule has 3 rings (SSSR count). The Balaban J connectivity index is 1.41. The van der Waals surface area contributed by atoms with E-state index in [0.29, 0.717) is 18.3 Å². The zero-order valence-electron chi connectivity index (χ0n) is 9.28. The Labute approximate surface area is 91.5 Å². The number of epoxide rings is 1. The van der Waals surface area contributed by atoms with Crippen molar-refractivity contribution in [3.63, 3.8) is 0 Å². The number of piperidine rings is 1.